The van der Waals surface area contributed by atoms with Crippen LogP contribution < -0.4 is 4.74 Å². The van der Waals surface area contributed by atoms with E-state index in [4.69, 9.17) is 4.74 Å². The Balaban J connectivity index is 2.01. The van der Waals surface area contributed by atoms with Crippen LogP contribution in [-0.2, 0) is 0 Å². The van der Waals surface area contributed by atoms with Gasteiger partial charge < -0.3 is 9.84 Å². The van der Waals surface area contributed by atoms with Gasteiger partial charge in [-0.1, -0.05) is 34.1 Å². The fourth-order valence-corrected chi connectivity index (χ4v) is 2.86. The first kappa shape index (κ1) is 14.4. The first-order chi connectivity index (χ1) is 9.20. The van der Waals surface area contributed by atoms with Crippen LogP contribution >= 0.6 is 27.7 Å². The van der Waals surface area contributed by atoms with Crippen LogP contribution in [0.1, 0.15) is 11.7 Å². The van der Waals surface area contributed by atoms with E-state index >= 15 is 0 Å². The summed E-state index contributed by atoms with van der Waals surface area (Å²) in [5.41, 5.74) is 0.828. The molecular formula is C15H15BrO2S. The number of halogens is 1. The number of thioether (sulfide) groups is 1. The number of hydrogen-bond acceptors (Lipinski definition) is 3. The number of para-hydroxylation sites is 1. The summed E-state index contributed by atoms with van der Waals surface area (Å²) >= 11 is 5.03. The van der Waals surface area contributed by atoms with Crippen LogP contribution in [0.5, 0.6) is 5.75 Å². The molecule has 0 heterocycles. The third-order valence-corrected chi connectivity index (χ3v) is 4.34. The third-order valence-electron chi connectivity index (χ3n) is 2.72. The molecule has 0 saturated carbocycles. The predicted octanol–water partition coefficient (Wildman–Crippen LogP) is 4.28. The quantitative estimate of drug-likeness (QED) is 0.825. The lowest BCUT2D eigenvalue weighted by molar-refractivity contribution is 0.199. The summed E-state index contributed by atoms with van der Waals surface area (Å²) in [4.78, 5) is 1.14. The number of methoxy groups -OCH3 is 1. The van der Waals surface area contributed by atoms with Gasteiger partial charge in [0.05, 0.1) is 13.2 Å². The molecule has 1 atom stereocenters. The standard InChI is InChI=1S/C15H15BrO2S/c1-18-15-5-3-2-4-13(15)14(17)10-19-12-8-6-11(16)7-9-12/h2-9,14,17H,10H2,1H3. The maximum atomic E-state index is 10.2. The monoisotopic (exact) mass is 338 g/mol. The van der Waals surface area contributed by atoms with Crippen LogP contribution in [0.25, 0.3) is 0 Å². The van der Waals surface area contributed by atoms with Gasteiger partial charge >= 0.3 is 0 Å². The maximum absolute atomic E-state index is 10.2. The molecule has 4 heteroatoms. The smallest absolute Gasteiger partial charge is 0.124 e. The van der Waals surface area contributed by atoms with E-state index in [1.807, 2.05) is 48.5 Å². The van der Waals surface area contributed by atoms with Crippen molar-refractivity contribution < 1.29 is 9.84 Å². The number of hydrogen-bond donors (Lipinski definition) is 1. The Hall–Kier alpha value is -0.970. The van der Waals surface area contributed by atoms with Gasteiger partial charge in [0.25, 0.3) is 0 Å². The van der Waals surface area contributed by atoms with Crippen molar-refractivity contribution in [3.05, 3.63) is 58.6 Å². The van der Waals surface area contributed by atoms with Crippen LogP contribution in [0.4, 0.5) is 0 Å². The molecule has 100 valence electrons. The van der Waals surface area contributed by atoms with Gasteiger partial charge in [-0.25, -0.2) is 0 Å². The number of aliphatic hydroxyl groups excluding tert-OH is 1. The van der Waals surface area contributed by atoms with Gasteiger partial charge in [-0.2, -0.15) is 0 Å². The van der Waals surface area contributed by atoms with Crippen LogP contribution in [0.3, 0.4) is 0 Å². The first-order valence-corrected chi connectivity index (χ1v) is 7.68. The molecular weight excluding hydrogens is 324 g/mol. The molecule has 0 aliphatic heterocycles. The van der Waals surface area contributed by atoms with Crippen LogP contribution in [-0.4, -0.2) is 18.0 Å². The van der Waals surface area contributed by atoms with Crippen LogP contribution in [0.2, 0.25) is 0 Å². The normalized spacial score (nSPS) is 12.2. The molecule has 0 aliphatic carbocycles. The molecule has 0 bridgehead atoms. The van der Waals surface area contributed by atoms with E-state index in [-0.39, 0.29) is 0 Å². The molecule has 2 nitrogen and oxygen atoms in total. The minimum atomic E-state index is -0.537. The molecule has 0 radical (unpaired) electrons. The van der Waals surface area contributed by atoms with E-state index in [2.05, 4.69) is 15.9 Å². The molecule has 0 saturated heterocycles. The van der Waals surface area contributed by atoms with Gasteiger partial charge in [-0.05, 0) is 30.3 Å². The fourth-order valence-electron chi connectivity index (χ4n) is 1.74. The summed E-state index contributed by atoms with van der Waals surface area (Å²) in [5, 5.41) is 10.2. The minimum Gasteiger partial charge on any atom is -0.496 e. The van der Waals surface area contributed by atoms with Gasteiger partial charge in [-0.15, -0.1) is 11.8 Å². The van der Waals surface area contributed by atoms with Crippen molar-refractivity contribution in [2.24, 2.45) is 0 Å². The lowest BCUT2D eigenvalue weighted by Crippen LogP contribution is -2.03. The van der Waals surface area contributed by atoms with E-state index in [0.717, 1.165) is 20.7 Å². The third kappa shape index (κ3) is 4.00. The zero-order valence-electron chi connectivity index (χ0n) is 10.5. The Morgan fingerprint density at radius 1 is 1.16 bits per heavy atom. The largest absolute Gasteiger partial charge is 0.496 e. The number of aliphatic hydroxyl groups is 1. The number of ether oxygens (including phenoxy) is 1. The summed E-state index contributed by atoms with van der Waals surface area (Å²) in [6, 6.07) is 15.6. The number of rotatable bonds is 5. The summed E-state index contributed by atoms with van der Waals surface area (Å²) in [7, 11) is 1.62. The molecule has 0 fully saturated rings. The lowest BCUT2D eigenvalue weighted by atomic mass is 10.1. The fraction of sp³-hybridized carbons (Fsp3) is 0.200. The average molecular weight is 339 g/mol. The topological polar surface area (TPSA) is 29.5 Å². The van der Waals surface area contributed by atoms with Gasteiger partial charge in [0.15, 0.2) is 0 Å². The van der Waals surface area contributed by atoms with Crippen LogP contribution in [0, 0.1) is 0 Å². The molecule has 1 unspecified atom stereocenters. The Morgan fingerprint density at radius 2 is 1.84 bits per heavy atom. The van der Waals surface area contributed by atoms with Crippen molar-refractivity contribution in [2.75, 3.05) is 12.9 Å². The van der Waals surface area contributed by atoms with E-state index in [1.54, 1.807) is 18.9 Å². The molecule has 0 aromatic heterocycles. The second-order valence-corrected chi connectivity index (χ2v) is 6.03. The Labute approximate surface area is 125 Å². The van der Waals surface area contributed by atoms with Crippen molar-refractivity contribution in [1.82, 2.24) is 0 Å². The van der Waals surface area contributed by atoms with E-state index in [0.29, 0.717) is 5.75 Å². The summed E-state index contributed by atoms with van der Waals surface area (Å²) in [6.07, 6.45) is -0.537. The maximum Gasteiger partial charge on any atom is 0.124 e. The SMILES string of the molecule is COc1ccccc1C(O)CSc1ccc(Br)cc1. The molecule has 2 aromatic rings. The van der Waals surface area contributed by atoms with Gasteiger partial charge in [0.1, 0.15) is 5.75 Å². The van der Waals surface area contributed by atoms with E-state index in [9.17, 15) is 5.11 Å². The average Bonchev–Trinajstić information content (AvgIpc) is 2.46. The molecule has 1 N–H and O–H groups in total. The van der Waals surface area contributed by atoms with Crippen molar-refractivity contribution >= 4 is 27.7 Å². The molecule has 0 amide bonds. The second-order valence-electron chi connectivity index (χ2n) is 4.02. The Kier molecular flexibility index (Phi) is 5.31. The summed E-state index contributed by atoms with van der Waals surface area (Å²) in [5.74, 6) is 1.33. The Bertz CT molecular complexity index is 528. The predicted molar refractivity (Wildman–Crippen MR) is 82.8 cm³/mol. The first-order valence-electron chi connectivity index (χ1n) is 5.90. The van der Waals surface area contributed by atoms with E-state index < -0.39 is 6.10 Å². The minimum absolute atomic E-state index is 0.537. The highest BCUT2D eigenvalue weighted by molar-refractivity contribution is 9.10. The lowest BCUT2D eigenvalue weighted by Gasteiger charge is -2.14. The van der Waals surface area contributed by atoms with Crippen molar-refractivity contribution in [3.63, 3.8) is 0 Å². The highest BCUT2D eigenvalue weighted by Gasteiger charge is 2.12. The second kappa shape index (κ2) is 6.98. The van der Waals surface area contributed by atoms with Gasteiger partial charge in [-0.3, -0.25) is 0 Å². The Morgan fingerprint density at radius 3 is 2.53 bits per heavy atom. The van der Waals surface area contributed by atoms with Crippen molar-refractivity contribution in [3.8, 4) is 5.75 Å². The highest BCUT2D eigenvalue weighted by atomic mass is 79.9. The molecule has 19 heavy (non-hydrogen) atoms. The molecule has 2 aromatic carbocycles. The van der Waals surface area contributed by atoms with Gasteiger partial charge in [0.2, 0.25) is 0 Å². The number of benzene rings is 2. The van der Waals surface area contributed by atoms with E-state index in [1.165, 1.54) is 0 Å². The molecule has 2 rings (SSSR count). The summed E-state index contributed by atoms with van der Waals surface area (Å²) < 4.78 is 6.32. The molecule has 0 spiro atoms. The van der Waals surface area contributed by atoms with Gasteiger partial charge in [0, 0.05) is 20.7 Å². The van der Waals surface area contributed by atoms with Crippen molar-refractivity contribution in [2.45, 2.75) is 11.0 Å². The highest BCUT2D eigenvalue weighted by Crippen LogP contribution is 2.30. The zero-order valence-corrected chi connectivity index (χ0v) is 12.9. The summed E-state index contributed by atoms with van der Waals surface area (Å²) in [6.45, 7) is 0. The van der Waals surface area contributed by atoms with Crippen LogP contribution in [0.15, 0.2) is 57.9 Å². The molecule has 0 aliphatic rings. The van der Waals surface area contributed by atoms with Crippen molar-refractivity contribution in [1.29, 1.82) is 0 Å². The zero-order chi connectivity index (χ0) is 13.7.